The number of aromatic nitrogens is 1. The van der Waals surface area contributed by atoms with Crippen LogP contribution in [0, 0.1) is 0 Å². The molecule has 4 nitrogen and oxygen atoms in total. The standard InChI is InChI=1S/C26H24NO3.6FH.Sb/c1-28-20-10-8-17(9-11-20)23-14-18-6-4-5-7-21(18)26-22-16-25(30-3)24(29-2)15-19(22)12-13-27(23)26;;;;;;;/h4-11,14-16H,12-13H2,1-3H3;6*1H;/q+1;;;;;;;+5/p-6. The molecule has 198 valence electrons. The van der Waals surface area contributed by atoms with Gasteiger partial charge in [0.1, 0.15) is 5.75 Å². The fourth-order valence-electron chi connectivity index (χ4n) is 4.43. The van der Waals surface area contributed by atoms with E-state index in [1.165, 1.54) is 38.9 Å². The van der Waals surface area contributed by atoms with Gasteiger partial charge < -0.3 is 14.2 Å². The molecule has 5 rings (SSSR count). The quantitative estimate of drug-likeness (QED) is 0.136. The Morgan fingerprint density at radius 1 is 0.730 bits per heavy atom. The Hall–Kier alpha value is -3.13. The summed E-state index contributed by atoms with van der Waals surface area (Å²) in [6, 6.07) is 23.4. The van der Waals surface area contributed by atoms with Crippen LogP contribution in [-0.4, -0.2) is 40.8 Å². The van der Waals surface area contributed by atoms with Crippen LogP contribution < -0.4 is 18.8 Å². The van der Waals surface area contributed by atoms with Gasteiger partial charge in [0.2, 0.25) is 11.4 Å². The number of hydrogen-bond acceptors (Lipinski definition) is 3. The van der Waals surface area contributed by atoms with Gasteiger partial charge in [0.15, 0.2) is 18.0 Å². The number of benzene rings is 3. The van der Waals surface area contributed by atoms with Crippen LogP contribution >= 0.6 is 0 Å². The molecule has 1 aliphatic rings. The topological polar surface area (TPSA) is 31.6 Å². The molecule has 11 heteroatoms. The van der Waals surface area contributed by atoms with E-state index in [2.05, 4.69) is 59.2 Å². The van der Waals surface area contributed by atoms with Crippen molar-refractivity contribution in [3.63, 3.8) is 0 Å². The van der Waals surface area contributed by atoms with Crippen LogP contribution in [-0.2, 0) is 13.0 Å². The summed E-state index contributed by atoms with van der Waals surface area (Å²) in [4.78, 5) is 0. The predicted octanol–water partition coefficient (Wildman–Crippen LogP) is 7.18. The number of rotatable bonds is 4. The van der Waals surface area contributed by atoms with Gasteiger partial charge in [-0.3, -0.25) is 0 Å². The van der Waals surface area contributed by atoms with Crippen molar-refractivity contribution in [1.29, 1.82) is 0 Å². The monoisotopic (exact) mass is 633 g/mol. The van der Waals surface area contributed by atoms with Crippen LogP contribution in [0.2, 0.25) is 0 Å². The fraction of sp³-hybridized carbons (Fsp3) is 0.192. The van der Waals surface area contributed by atoms with Gasteiger partial charge in [-0.15, -0.1) is 0 Å². The molecule has 0 atom stereocenters. The second kappa shape index (κ2) is 9.01. The molecule has 0 amide bonds. The summed E-state index contributed by atoms with van der Waals surface area (Å²) >= 11 is -11.2. The Labute approximate surface area is 211 Å². The molecule has 1 aromatic heterocycles. The van der Waals surface area contributed by atoms with Gasteiger partial charge in [0.05, 0.1) is 32.3 Å². The van der Waals surface area contributed by atoms with Gasteiger partial charge in [0.25, 0.3) is 0 Å². The maximum atomic E-state index is 9.93. The summed E-state index contributed by atoms with van der Waals surface area (Å²) in [5.74, 6) is 2.39. The zero-order valence-corrected chi connectivity index (χ0v) is 22.7. The number of hydrogen-bond donors (Lipinski definition) is 0. The molecule has 4 aromatic rings. The van der Waals surface area contributed by atoms with Crippen LogP contribution in [0.3, 0.4) is 0 Å². The van der Waals surface area contributed by atoms with Crippen molar-refractivity contribution >= 4 is 30.2 Å². The van der Waals surface area contributed by atoms with Gasteiger partial charge in [-0.25, -0.2) is 0 Å². The fourth-order valence-corrected chi connectivity index (χ4v) is 4.43. The minimum atomic E-state index is -11.2. The van der Waals surface area contributed by atoms with Crippen LogP contribution in [0.4, 0.5) is 16.9 Å². The van der Waals surface area contributed by atoms with Crippen molar-refractivity contribution in [2.45, 2.75) is 13.0 Å². The first kappa shape index (κ1) is 26.9. The summed E-state index contributed by atoms with van der Waals surface area (Å²) in [7, 11) is 5.07. The molecule has 37 heavy (non-hydrogen) atoms. The molecule has 0 saturated carbocycles. The molecule has 0 bridgehead atoms. The summed E-state index contributed by atoms with van der Waals surface area (Å²) in [5.41, 5.74) is 6.08. The Bertz CT molecular complexity index is 1460. The number of fused-ring (bicyclic) bond motifs is 5. The van der Waals surface area contributed by atoms with E-state index < -0.39 is 19.5 Å². The second-order valence-corrected chi connectivity index (χ2v) is 13.9. The third kappa shape index (κ3) is 6.60. The van der Waals surface area contributed by atoms with E-state index in [1.54, 1.807) is 21.3 Å². The van der Waals surface area contributed by atoms with Gasteiger partial charge in [0, 0.05) is 18.1 Å². The van der Waals surface area contributed by atoms with Crippen molar-refractivity contribution in [1.82, 2.24) is 0 Å². The maximum absolute atomic E-state index is 11.2. The average molecular weight is 634 g/mol. The van der Waals surface area contributed by atoms with E-state index >= 15 is 0 Å². The van der Waals surface area contributed by atoms with Crippen LogP contribution in [0.5, 0.6) is 17.2 Å². The Morgan fingerprint density at radius 3 is 1.92 bits per heavy atom. The van der Waals surface area contributed by atoms with Gasteiger partial charge in [-0.1, -0.05) is 18.2 Å². The van der Waals surface area contributed by atoms with Crippen LogP contribution in [0.1, 0.15) is 5.56 Å². The zero-order chi connectivity index (χ0) is 27.1. The number of nitrogens with zero attached hydrogens (tertiary/aromatic N) is 1. The number of aryl methyl sites for hydroxylation is 1. The van der Waals surface area contributed by atoms with E-state index in [0.717, 1.165) is 30.2 Å². The van der Waals surface area contributed by atoms with Crippen molar-refractivity contribution in [3.05, 3.63) is 72.3 Å². The first-order valence-electron chi connectivity index (χ1n) is 11.1. The number of halogens is 6. The molecule has 1 aliphatic heterocycles. The molecule has 0 radical (unpaired) electrons. The summed E-state index contributed by atoms with van der Waals surface area (Å²) < 4.78 is 78.5. The molecule has 0 aliphatic carbocycles. The van der Waals surface area contributed by atoms with Crippen LogP contribution in [0.15, 0.2) is 66.7 Å². The molecule has 0 spiro atoms. The second-order valence-electron chi connectivity index (χ2n) is 8.42. The normalized spacial score (nSPS) is 14.3. The molecular weight excluding hydrogens is 610 g/mol. The Morgan fingerprint density at radius 2 is 1.32 bits per heavy atom. The predicted molar refractivity (Wildman–Crippen MR) is 131 cm³/mol. The molecule has 0 saturated heterocycles. The van der Waals surface area contributed by atoms with Crippen molar-refractivity contribution in [2.75, 3.05) is 21.3 Å². The van der Waals surface area contributed by atoms with E-state index in [-0.39, 0.29) is 0 Å². The Balaban J connectivity index is 0.000000405. The van der Waals surface area contributed by atoms with Crippen molar-refractivity contribution in [3.8, 4) is 39.8 Å². The number of ether oxygens (including phenoxy) is 3. The van der Waals surface area contributed by atoms with E-state index in [9.17, 15) is 16.9 Å². The minimum absolute atomic E-state index is 0.753. The van der Waals surface area contributed by atoms with Crippen LogP contribution in [0.25, 0.3) is 33.3 Å². The van der Waals surface area contributed by atoms with Crippen molar-refractivity contribution < 1.29 is 35.7 Å². The third-order valence-electron chi connectivity index (χ3n) is 5.92. The van der Waals surface area contributed by atoms with Crippen molar-refractivity contribution in [2.24, 2.45) is 0 Å². The molecule has 0 N–H and O–H groups in total. The van der Waals surface area contributed by atoms with E-state index in [0.29, 0.717) is 0 Å². The third-order valence-corrected chi connectivity index (χ3v) is 5.92. The summed E-state index contributed by atoms with van der Waals surface area (Å²) in [6.45, 7) is 0.907. The average Bonchev–Trinajstić information content (AvgIpc) is 2.85. The molecule has 2 heterocycles. The first-order chi connectivity index (χ1) is 17.2. The summed E-state index contributed by atoms with van der Waals surface area (Å²) in [6.07, 6.45) is 0.939. The number of pyridine rings is 1. The molecular formula is C26H24F6NO3Sb. The van der Waals surface area contributed by atoms with Gasteiger partial charge in [-0.05, 0) is 53.4 Å². The first-order valence-corrected chi connectivity index (χ1v) is 16.9. The van der Waals surface area contributed by atoms with Gasteiger partial charge in [-0.2, -0.15) is 4.57 Å². The molecule has 0 fully saturated rings. The number of methoxy groups -OCH3 is 3. The SMILES string of the molecule is COc1ccc(-c2cc3ccccc3c3[n+]2CCc2cc(OC)c(OC)cc2-3)cc1.[F][Sb-]([F])([F])([F])([F])[F]. The summed E-state index contributed by atoms with van der Waals surface area (Å²) in [5, 5.41) is 2.46. The molecule has 3 aromatic carbocycles. The molecule has 0 unspecified atom stereocenters. The van der Waals surface area contributed by atoms with E-state index in [1.807, 2.05) is 12.1 Å². The zero-order valence-electron chi connectivity index (χ0n) is 20.2. The van der Waals surface area contributed by atoms with E-state index in [4.69, 9.17) is 14.2 Å². The Kier molecular flexibility index (Phi) is 6.55. The van der Waals surface area contributed by atoms with Gasteiger partial charge >= 0.3 is 36.4 Å².